The SMILES string of the molecule is CC(=O)CCCNCCc1c[nH]c2ccccc12. The normalized spacial score (nSPS) is 10.9. The Morgan fingerprint density at radius 3 is 2.94 bits per heavy atom. The summed E-state index contributed by atoms with van der Waals surface area (Å²) in [7, 11) is 0. The number of nitrogens with one attached hydrogen (secondary N) is 2. The number of H-pyrrole nitrogens is 1. The third-order valence-electron chi connectivity index (χ3n) is 3.13. The highest BCUT2D eigenvalue weighted by atomic mass is 16.1. The van der Waals surface area contributed by atoms with Gasteiger partial charge in [0.1, 0.15) is 5.78 Å². The number of aromatic amines is 1. The molecule has 3 nitrogen and oxygen atoms in total. The van der Waals surface area contributed by atoms with Gasteiger partial charge in [-0.2, -0.15) is 0 Å². The first-order chi connectivity index (χ1) is 8.77. The van der Waals surface area contributed by atoms with Gasteiger partial charge in [-0.15, -0.1) is 0 Å². The quantitative estimate of drug-likeness (QED) is 0.735. The number of carbonyl (C=O) groups excluding carboxylic acids is 1. The van der Waals surface area contributed by atoms with Gasteiger partial charge in [-0.05, 0) is 44.5 Å². The van der Waals surface area contributed by atoms with Crippen molar-refractivity contribution in [3.8, 4) is 0 Å². The highest BCUT2D eigenvalue weighted by Gasteiger charge is 2.01. The monoisotopic (exact) mass is 244 g/mol. The van der Waals surface area contributed by atoms with E-state index in [4.69, 9.17) is 0 Å². The van der Waals surface area contributed by atoms with Gasteiger partial charge in [0.05, 0.1) is 0 Å². The van der Waals surface area contributed by atoms with Crippen molar-refractivity contribution in [2.45, 2.75) is 26.2 Å². The number of Topliss-reactive ketones (excluding diaryl/α,β-unsaturated/α-hetero) is 1. The standard InChI is InChI=1S/C15H20N2O/c1-12(18)5-4-9-16-10-8-13-11-17-15-7-3-2-6-14(13)15/h2-3,6-7,11,16-17H,4-5,8-10H2,1H3. The molecule has 0 amide bonds. The van der Waals surface area contributed by atoms with Gasteiger partial charge < -0.3 is 15.1 Å². The summed E-state index contributed by atoms with van der Waals surface area (Å²) < 4.78 is 0. The molecule has 2 rings (SSSR count). The summed E-state index contributed by atoms with van der Waals surface area (Å²) in [6.07, 6.45) is 4.72. The molecule has 1 aromatic heterocycles. The molecule has 0 aliphatic heterocycles. The van der Waals surface area contributed by atoms with Gasteiger partial charge in [0.15, 0.2) is 0 Å². The van der Waals surface area contributed by atoms with Gasteiger partial charge in [0.2, 0.25) is 0 Å². The summed E-state index contributed by atoms with van der Waals surface area (Å²) in [5, 5.41) is 4.69. The molecular weight excluding hydrogens is 224 g/mol. The second-order valence-corrected chi connectivity index (χ2v) is 4.67. The molecule has 0 aliphatic carbocycles. The van der Waals surface area contributed by atoms with Crippen LogP contribution in [0, 0.1) is 0 Å². The number of benzene rings is 1. The van der Waals surface area contributed by atoms with Crippen LogP contribution in [-0.4, -0.2) is 23.9 Å². The minimum absolute atomic E-state index is 0.272. The summed E-state index contributed by atoms with van der Waals surface area (Å²) in [5.74, 6) is 0.272. The lowest BCUT2D eigenvalue weighted by atomic mass is 10.1. The smallest absolute Gasteiger partial charge is 0.129 e. The van der Waals surface area contributed by atoms with E-state index < -0.39 is 0 Å². The van der Waals surface area contributed by atoms with E-state index in [1.807, 2.05) is 6.07 Å². The van der Waals surface area contributed by atoms with Crippen molar-refractivity contribution < 1.29 is 4.79 Å². The first-order valence-corrected chi connectivity index (χ1v) is 6.52. The number of carbonyl (C=O) groups is 1. The highest BCUT2D eigenvalue weighted by Crippen LogP contribution is 2.17. The van der Waals surface area contributed by atoms with E-state index in [-0.39, 0.29) is 5.78 Å². The Morgan fingerprint density at radius 1 is 1.28 bits per heavy atom. The van der Waals surface area contributed by atoms with Crippen molar-refractivity contribution in [1.29, 1.82) is 0 Å². The molecule has 0 unspecified atom stereocenters. The third kappa shape index (κ3) is 3.44. The average molecular weight is 244 g/mol. The number of aromatic nitrogens is 1. The molecule has 0 radical (unpaired) electrons. The Hall–Kier alpha value is -1.61. The molecule has 0 spiro atoms. The topological polar surface area (TPSA) is 44.9 Å². The first-order valence-electron chi connectivity index (χ1n) is 6.52. The Kier molecular flexibility index (Phi) is 4.53. The van der Waals surface area contributed by atoms with Crippen LogP contribution in [0.15, 0.2) is 30.5 Å². The van der Waals surface area contributed by atoms with Crippen LogP contribution in [0.1, 0.15) is 25.3 Å². The Morgan fingerprint density at radius 2 is 2.11 bits per heavy atom. The molecule has 3 heteroatoms. The summed E-state index contributed by atoms with van der Waals surface area (Å²) in [6, 6.07) is 8.36. The average Bonchev–Trinajstić information content (AvgIpc) is 2.77. The zero-order chi connectivity index (χ0) is 12.8. The molecule has 2 aromatic rings. The predicted molar refractivity (Wildman–Crippen MR) is 74.8 cm³/mol. The van der Waals surface area contributed by atoms with Crippen LogP contribution >= 0.6 is 0 Å². The zero-order valence-electron chi connectivity index (χ0n) is 10.8. The molecule has 0 saturated heterocycles. The second kappa shape index (κ2) is 6.36. The van der Waals surface area contributed by atoms with Crippen molar-refractivity contribution in [3.63, 3.8) is 0 Å². The molecule has 0 saturated carbocycles. The van der Waals surface area contributed by atoms with Gasteiger partial charge in [-0.3, -0.25) is 0 Å². The van der Waals surface area contributed by atoms with Crippen LogP contribution in [0.4, 0.5) is 0 Å². The van der Waals surface area contributed by atoms with Crippen LogP contribution in [-0.2, 0) is 11.2 Å². The number of hydrogen-bond acceptors (Lipinski definition) is 2. The minimum Gasteiger partial charge on any atom is -0.361 e. The molecular formula is C15H20N2O. The van der Waals surface area contributed by atoms with Crippen LogP contribution < -0.4 is 5.32 Å². The molecule has 18 heavy (non-hydrogen) atoms. The Labute approximate surface area is 108 Å². The number of para-hydroxylation sites is 1. The second-order valence-electron chi connectivity index (χ2n) is 4.67. The maximum absolute atomic E-state index is 10.8. The Bertz CT molecular complexity index is 516. The molecule has 1 heterocycles. The lowest BCUT2D eigenvalue weighted by Gasteiger charge is -2.03. The maximum atomic E-state index is 10.8. The van der Waals surface area contributed by atoms with E-state index in [1.54, 1.807) is 6.92 Å². The number of ketones is 1. The lowest BCUT2D eigenvalue weighted by Crippen LogP contribution is -2.18. The highest BCUT2D eigenvalue weighted by molar-refractivity contribution is 5.83. The number of fused-ring (bicyclic) bond motifs is 1. The van der Waals surface area contributed by atoms with E-state index in [1.165, 1.54) is 16.5 Å². The van der Waals surface area contributed by atoms with Gasteiger partial charge in [-0.1, -0.05) is 18.2 Å². The van der Waals surface area contributed by atoms with Gasteiger partial charge in [-0.25, -0.2) is 0 Å². The van der Waals surface area contributed by atoms with Crippen LogP contribution in [0.3, 0.4) is 0 Å². The van der Waals surface area contributed by atoms with Gasteiger partial charge >= 0.3 is 0 Å². The largest absolute Gasteiger partial charge is 0.361 e. The van der Waals surface area contributed by atoms with Gasteiger partial charge in [0.25, 0.3) is 0 Å². The maximum Gasteiger partial charge on any atom is 0.129 e. The van der Waals surface area contributed by atoms with E-state index >= 15 is 0 Å². The van der Waals surface area contributed by atoms with E-state index in [0.29, 0.717) is 6.42 Å². The number of hydrogen-bond donors (Lipinski definition) is 2. The molecule has 96 valence electrons. The van der Waals surface area contributed by atoms with Crippen molar-refractivity contribution in [3.05, 3.63) is 36.0 Å². The predicted octanol–water partition coefficient (Wildman–Crippen LogP) is 2.67. The fraction of sp³-hybridized carbons (Fsp3) is 0.400. The van der Waals surface area contributed by atoms with E-state index in [0.717, 1.165) is 25.9 Å². The first kappa shape index (κ1) is 12.8. The fourth-order valence-corrected chi connectivity index (χ4v) is 2.15. The van der Waals surface area contributed by atoms with E-state index in [2.05, 4.69) is 34.7 Å². The van der Waals surface area contributed by atoms with Crippen molar-refractivity contribution in [2.75, 3.05) is 13.1 Å². The van der Waals surface area contributed by atoms with E-state index in [9.17, 15) is 4.79 Å². The van der Waals surface area contributed by atoms with Crippen LogP contribution in [0.2, 0.25) is 0 Å². The lowest BCUT2D eigenvalue weighted by molar-refractivity contribution is -0.117. The van der Waals surface area contributed by atoms with Crippen LogP contribution in [0.5, 0.6) is 0 Å². The molecule has 0 bridgehead atoms. The Balaban J connectivity index is 1.75. The summed E-state index contributed by atoms with van der Waals surface area (Å²) in [6.45, 7) is 3.52. The third-order valence-corrected chi connectivity index (χ3v) is 3.13. The summed E-state index contributed by atoms with van der Waals surface area (Å²) in [4.78, 5) is 14.1. The minimum atomic E-state index is 0.272. The molecule has 1 aromatic carbocycles. The molecule has 2 N–H and O–H groups in total. The zero-order valence-corrected chi connectivity index (χ0v) is 10.8. The van der Waals surface area contributed by atoms with Crippen LogP contribution in [0.25, 0.3) is 10.9 Å². The van der Waals surface area contributed by atoms with Gasteiger partial charge in [0, 0.05) is 23.5 Å². The summed E-state index contributed by atoms with van der Waals surface area (Å²) in [5.41, 5.74) is 2.55. The van der Waals surface area contributed by atoms with Crippen molar-refractivity contribution in [1.82, 2.24) is 10.3 Å². The molecule has 0 aliphatic rings. The summed E-state index contributed by atoms with van der Waals surface area (Å²) >= 11 is 0. The fourth-order valence-electron chi connectivity index (χ4n) is 2.15. The number of rotatable bonds is 7. The van der Waals surface area contributed by atoms with Crippen molar-refractivity contribution in [2.24, 2.45) is 0 Å². The molecule has 0 fully saturated rings. The van der Waals surface area contributed by atoms with Crippen molar-refractivity contribution >= 4 is 16.7 Å². The molecule has 0 atom stereocenters.